The van der Waals surface area contributed by atoms with Crippen LogP contribution in [-0.2, 0) is 40.6 Å². The number of hydrogen-bond donors (Lipinski definition) is 7. The quantitative estimate of drug-likeness (QED) is 0.0504. The molecule has 0 saturated carbocycles. The van der Waals surface area contributed by atoms with E-state index in [1.54, 1.807) is 87.8 Å². The Hall–Kier alpha value is -11.8. The summed E-state index contributed by atoms with van der Waals surface area (Å²) < 4.78 is 42.2. The van der Waals surface area contributed by atoms with Gasteiger partial charge in [0.25, 0.3) is 0 Å². The number of benzene rings is 5. The Balaban J connectivity index is 0.000000135. The summed E-state index contributed by atoms with van der Waals surface area (Å²) in [5.74, 6) is 1.99. The summed E-state index contributed by atoms with van der Waals surface area (Å²) in [6.45, 7) is 5.57. The lowest BCUT2D eigenvalue weighted by Crippen LogP contribution is -2.38. The minimum absolute atomic E-state index is 0.0493. The second kappa shape index (κ2) is 28.7. The summed E-state index contributed by atoms with van der Waals surface area (Å²) in [5.41, 5.74) is 6.07. The van der Waals surface area contributed by atoms with Crippen molar-refractivity contribution < 1.29 is 42.4 Å². The molecule has 5 aromatic carbocycles. The van der Waals surface area contributed by atoms with Gasteiger partial charge >= 0.3 is 11.9 Å². The lowest BCUT2D eigenvalue weighted by Gasteiger charge is -2.17. The van der Waals surface area contributed by atoms with E-state index in [0.29, 0.717) is 135 Å². The molecule has 4 atom stereocenters. The smallest absolute Gasteiger partial charge is 0.340 e. The molecule has 7 aromatic heterocycles. The number of carbonyl (C=O) groups excluding carboxylic acids is 5. The van der Waals surface area contributed by atoms with Crippen LogP contribution in [0.15, 0.2) is 126 Å². The molecule has 1 unspecified atom stereocenters. The highest BCUT2D eigenvalue weighted by atomic mass is 32.2. The normalized spacial score (nSPS) is 17.1. The predicted octanol–water partition coefficient (Wildman–Crippen LogP) is 8.20. The Morgan fingerprint density at radius 1 is 0.560 bits per heavy atom. The van der Waals surface area contributed by atoms with Crippen LogP contribution in [0.4, 0.5) is 17.8 Å². The Kier molecular flexibility index (Phi) is 19.2. The van der Waals surface area contributed by atoms with Crippen molar-refractivity contribution >= 4 is 107 Å². The Morgan fingerprint density at radius 2 is 1.03 bits per heavy atom. The zero-order valence-corrected chi connectivity index (χ0v) is 56.5. The maximum atomic E-state index is 12.9. The van der Waals surface area contributed by atoms with Crippen LogP contribution >= 0.6 is 0 Å². The minimum Gasteiger partial charge on any atom is -0.497 e. The van der Waals surface area contributed by atoms with Crippen molar-refractivity contribution in [1.82, 2.24) is 84.5 Å². The Bertz CT molecular complexity index is 5240. The number of amides is 3. The van der Waals surface area contributed by atoms with Crippen LogP contribution in [-0.4, -0.2) is 167 Å². The number of fused-ring (bicyclic) bond motifs is 9. The summed E-state index contributed by atoms with van der Waals surface area (Å²) in [5, 5.41) is 38.9. The number of nitrogens with one attached hydrogen (secondary N) is 7. The zero-order chi connectivity index (χ0) is 69.8. The van der Waals surface area contributed by atoms with Crippen molar-refractivity contribution in [2.75, 3.05) is 56.1 Å². The molecule has 0 bridgehead atoms. The third-order valence-corrected chi connectivity index (χ3v) is 18.3. The van der Waals surface area contributed by atoms with E-state index in [2.05, 4.69) is 47.2 Å². The maximum Gasteiger partial charge on any atom is 0.340 e. The van der Waals surface area contributed by atoms with Gasteiger partial charge in [-0.05, 0) is 144 Å². The zero-order valence-electron chi connectivity index (χ0n) is 55.7. The lowest BCUT2D eigenvalue weighted by atomic mass is 10.1. The molecule has 514 valence electrons. The standard InChI is InChI=1S/C26H28N6O4.C22H23N7O2S.C21H22N8O3/c1-15(2)36-25(34)19-8-6-7-18-21(19)29-26(28-20-9-4-5-14-27-24(20)33)32-23(18)30-22(31-32)16-10-12-17(35-3)13-11-16;1-32(23,31)15-8-6-7-14(13-15)19-27-20-16-9-2-3-10-17(16)25-22(29(20)28-19)26-18-11-4-5-12-24-21(18)30;1-28-11-12(10-23-28)17-26-18-13-6-5-7-14(20(31)32-2)16(13)25-21(29(18)27-17)24-15-8-3-4-9-22-19(15)30/h6-8,10-13,15,20H,4-5,9,14H2,1-3H3,(H,27,33)(H,28,29);2-3,6-10,13,18,23H,4-5,11-12H2,1H3,(H,24,30)(H,25,26);5-7,10-11,15H,3-4,8-9H2,1-2H3,(H,22,30)(H,24,25)/t20-;18-,32?;15-/m111/s1. The van der Waals surface area contributed by atoms with Crippen molar-refractivity contribution in [3.05, 3.63) is 133 Å². The molecule has 3 aliphatic heterocycles. The topological polar surface area (TPSA) is 373 Å². The number of nitrogens with zero attached hydrogens (tertiary/aromatic N) is 14. The fraction of sp³-hybridized carbons (Fsp3) is 0.319. The number of carbonyl (C=O) groups is 5. The van der Waals surface area contributed by atoms with Gasteiger partial charge in [-0.2, -0.15) is 18.6 Å². The molecule has 7 N–H and O–H groups in total. The van der Waals surface area contributed by atoms with E-state index in [4.69, 9.17) is 54.0 Å². The van der Waals surface area contributed by atoms with Gasteiger partial charge < -0.3 is 46.1 Å². The third-order valence-electron chi connectivity index (χ3n) is 17.1. The summed E-state index contributed by atoms with van der Waals surface area (Å²) in [7, 11) is 1.89. The first kappa shape index (κ1) is 66.8. The van der Waals surface area contributed by atoms with E-state index in [9.17, 15) is 28.2 Å². The first-order chi connectivity index (χ1) is 48.4. The molecule has 3 aliphatic rings. The van der Waals surface area contributed by atoms with Crippen molar-refractivity contribution in [3.63, 3.8) is 0 Å². The molecule has 0 spiro atoms. The number of esters is 2. The predicted molar refractivity (Wildman–Crippen MR) is 374 cm³/mol. The van der Waals surface area contributed by atoms with Gasteiger partial charge in [0.15, 0.2) is 34.4 Å². The molecule has 0 aliphatic carbocycles. The molecular formula is C69H73N21O9S. The Morgan fingerprint density at radius 3 is 1.52 bits per heavy atom. The largest absolute Gasteiger partial charge is 0.497 e. The van der Waals surface area contributed by atoms with E-state index in [1.165, 1.54) is 13.4 Å². The van der Waals surface area contributed by atoms with Gasteiger partial charge in [-0.15, -0.1) is 15.3 Å². The van der Waals surface area contributed by atoms with Crippen LogP contribution in [0, 0.1) is 4.78 Å². The molecule has 15 rings (SSSR count). The summed E-state index contributed by atoms with van der Waals surface area (Å²) in [4.78, 5) is 91.8. The number of para-hydroxylation sites is 3. The van der Waals surface area contributed by atoms with Crippen LogP contribution < -0.4 is 36.6 Å². The van der Waals surface area contributed by atoms with E-state index in [-0.39, 0.29) is 23.8 Å². The van der Waals surface area contributed by atoms with Crippen molar-refractivity contribution in [3.8, 4) is 39.9 Å². The molecular weight excluding hydrogens is 1300 g/mol. The summed E-state index contributed by atoms with van der Waals surface area (Å²) in [6.07, 6.45) is 12.2. The summed E-state index contributed by atoms with van der Waals surface area (Å²) >= 11 is 0. The number of ether oxygens (including phenoxy) is 3. The van der Waals surface area contributed by atoms with Crippen molar-refractivity contribution in [2.24, 2.45) is 7.05 Å². The number of aryl methyl sites for hydroxylation is 1. The van der Waals surface area contributed by atoms with Crippen LogP contribution in [0.1, 0.15) is 92.4 Å². The number of rotatable bonds is 14. The van der Waals surface area contributed by atoms with Crippen LogP contribution in [0.5, 0.6) is 5.75 Å². The molecule has 3 amide bonds. The molecule has 12 aromatic rings. The Labute approximate surface area is 572 Å². The van der Waals surface area contributed by atoms with Gasteiger partial charge in [0.05, 0.1) is 69.5 Å². The number of hydrogen-bond acceptors (Lipinski definition) is 23. The highest BCUT2D eigenvalue weighted by Gasteiger charge is 2.29. The van der Waals surface area contributed by atoms with Crippen LogP contribution in [0.25, 0.3) is 83.8 Å². The third kappa shape index (κ3) is 14.2. The highest BCUT2D eigenvalue weighted by Crippen LogP contribution is 2.32. The van der Waals surface area contributed by atoms with Gasteiger partial charge in [-0.25, -0.2) is 48.5 Å². The number of anilines is 3. The first-order valence-electron chi connectivity index (χ1n) is 32.8. The molecule has 10 heterocycles. The fourth-order valence-corrected chi connectivity index (χ4v) is 12.7. The van der Waals surface area contributed by atoms with Gasteiger partial charge in [0.2, 0.25) is 35.6 Å². The lowest BCUT2D eigenvalue weighted by molar-refractivity contribution is -0.122. The molecule has 31 heteroatoms. The summed E-state index contributed by atoms with van der Waals surface area (Å²) in [6, 6.07) is 31.2. The molecule has 3 saturated heterocycles. The van der Waals surface area contributed by atoms with Crippen molar-refractivity contribution in [2.45, 2.75) is 101 Å². The number of methoxy groups -OCH3 is 2. The monoisotopic (exact) mass is 1370 g/mol. The molecule has 30 nitrogen and oxygen atoms in total. The molecule has 0 radical (unpaired) electrons. The average Bonchev–Trinajstić information content (AvgIpc) is 1.51. The van der Waals surface area contributed by atoms with Gasteiger partial charge in [-0.3, -0.25) is 19.1 Å². The van der Waals surface area contributed by atoms with E-state index < -0.39 is 39.8 Å². The SMILES string of the molecule is COC(=O)c1cccc2c1nc(N[C@@H]1CCCCNC1=O)n1nc(-c3cnn(C)c3)nc21.COc1ccc(-c2nc3c4cccc(C(=O)OC(C)C)c4nc(N[C@@H]4CCCCNC4=O)n3n2)cc1.CS(=N)(=O)c1cccc(-c2nc3c4ccccc4nc(N[C@@H]4CCCCNC4=O)n3n2)c1. The van der Waals surface area contributed by atoms with E-state index >= 15 is 0 Å². The highest BCUT2D eigenvalue weighted by molar-refractivity contribution is 7.91. The first-order valence-corrected chi connectivity index (χ1v) is 34.8. The maximum absolute atomic E-state index is 12.9. The van der Waals surface area contributed by atoms with Crippen LogP contribution in [0.3, 0.4) is 0 Å². The van der Waals surface area contributed by atoms with Crippen LogP contribution in [0.2, 0.25) is 0 Å². The fourth-order valence-electron chi connectivity index (χ4n) is 12.0. The molecule has 3 fully saturated rings. The average molecular weight is 1370 g/mol. The van der Waals surface area contributed by atoms with E-state index in [1.807, 2.05) is 80.0 Å². The number of aromatic nitrogens is 14. The minimum atomic E-state index is -2.87. The second-order valence-corrected chi connectivity index (χ2v) is 26.8. The van der Waals surface area contributed by atoms with E-state index in [0.717, 1.165) is 66.3 Å². The van der Waals surface area contributed by atoms with Gasteiger partial charge in [-0.1, -0.05) is 36.4 Å². The van der Waals surface area contributed by atoms with Gasteiger partial charge in [0, 0.05) is 71.3 Å². The van der Waals surface area contributed by atoms with Gasteiger partial charge in [0.1, 0.15) is 23.9 Å². The molecule has 100 heavy (non-hydrogen) atoms. The second-order valence-electron chi connectivity index (χ2n) is 24.6. The van der Waals surface area contributed by atoms with Crippen molar-refractivity contribution in [1.29, 1.82) is 4.78 Å².